The fourth-order valence-electron chi connectivity index (χ4n) is 1.43. The van der Waals surface area contributed by atoms with Gasteiger partial charge in [-0.05, 0) is 6.42 Å². The number of carbonyl (C=O) groups excluding carboxylic acids is 1. The number of nitrogens with zero attached hydrogens (tertiary/aromatic N) is 1. The van der Waals surface area contributed by atoms with Crippen molar-refractivity contribution in [1.82, 2.24) is 5.32 Å². The zero-order valence-electron chi connectivity index (χ0n) is 10.2. The van der Waals surface area contributed by atoms with Crippen LogP contribution in [0.2, 0.25) is 0 Å². The molecule has 0 aliphatic rings. The van der Waals surface area contributed by atoms with Crippen LogP contribution >= 0.6 is 0 Å². The Labute approximate surface area is 111 Å². The molecule has 20 heavy (non-hydrogen) atoms. The van der Waals surface area contributed by atoms with E-state index in [2.05, 4.69) is 0 Å². The number of amides is 1. The Morgan fingerprint density at radius 1 is 1.40 bits per heavy atom. The second-order valence-corrected chi connectivity index (χ2v) is 3.81. The molecule has 0 bridgehead atoms. The largest absolute Gasteiger partial charge is 0.480 e. The van der Waals surface area contributed by atoms with Gasteiger partial charge in [-0.25, -0.2) is 9.18 Å². The van der Waals surface area contributed by atoms with Crippen LogP contribution in [0.1, 0.15) is 23.7 Å². The summed E-state index contributed by atoms with van der Waals surface area (Å²) in [7, 11) is 0. The molecule has 0 fully saturated rings. The van der Waals surface area contributed by atoms with E-state index in [1.807, 2.05) is 5.32 Å². The van der Waals surface area contributed by atoms with Crippen LogP contribution in [-0.4, -0.2) is 27.9 Å². The maximum atomic E-state index is 13.4. The van der Waals surface area contributed by atoms with Crippen LogP contribution in [0.3, 0.4) is 0 Å². The maximum absolute atomic E-state index is 13.4. The van der Waals surface area contributed by atoms with Gasteiger partial charge in [-0.3, -0.25) is 14.9 Å². The fraction of sp³-hybridized carbons (Fsp3) is 0.273. The van der Waals surface area contributed by atoms with Crippen LogP contribution in [0.4, 0.5) is 14.5 Å². The summed E-state index contributed by atoms with van der Waals surface area (Å²) in [6.07, 6.45) is 0.0337. The van der Waals surface area contributed by atoms with E-state index in [9.17, 15) is 28.5 Å². The van der Waals surface area contributed by atoms with E-state index < -0.39 is 45.7 Å². The molecule has 0 radical (unpaired) electrons. The molecule has 1 aromatic carbocycles. The van der Waals surface area contributed by atoms with E-state index in [0.717, 1.165) is 0 Å². The van der Waals surface area contributed by atoms with Crippen molar-refractivity contribution >= 4 is 17.6 Å². The average molecular weight is 288 g/mol. The van der Waals surface area contributed by atoms with Crippen LogP contribution < -0.4 is 5.32 Å². The van der Waals surface area contributed by atoms with Gasteiger partial charge in [0.2, 0.25) is 5.82 Å². The molecular formula is C11H10F2N2O5. The molecule has 0 saturated heterocycles. The average Bonchev–Trinajstić information content (AvgIpc) is 2.34. The molecule has 1 aromatic rings. The standard InChI is InChI=1S/C11H10F2N2O5/c1-2-8(11(17)18)14-10(16)5-3-9(15(19)20)7(13)4-6(5)12/h3-4,8H,2H2,1H3,(H,14,16)(H,17,18)/t8-/m0/s1. The first-order chi connectivity index (χ1) is 9.27. The number of nitrogens with one attached hydrogen (secondary N) is 1. The van der Waals surface area contributed by atoms with Crippen molar-refractivity contribution < 1.29 is 28.4 Å². The third-order valence-electron chi connectivity index (χ3n) is 2.49. The van der Waals surface area contributed by atoms with E-state index in [0.29, 0.717) is 6.07 Å². The highest BCUT2D eigenvalue weighted by atomic mass is 19.1. The monoisotopic (exact) mass is 288 g/mol. The van der Waals surface area contributed by atoms with Gasteiger partial charge in [0.15, 0.2) is 0 Å². The van der Waals surface area contributed by atoms with Gasteiger partial charge < -0.3 is 10.4 Å². The minimum Gasteiger partial charge on any atom is -0.480 e. The summed E-state index contributed by atoms with van der Waals surface area (Å²) in [5.74, 6) is -5.24. The van der Waals surface area contributed by atoms with E-state index in [1.54, 1.807) is 0 Å². The molecule has 0 aliphatic heterocycles. The van der Waals surface area contributed by atoms with E-state index >= 15 is 0 Å². The molecule has 0 spiro atoms. The lowest BCUT2D eigenvalue weighted by molar-refractivity contribution is -0.387. The quantitative estimate of drug-likeness (QED) is 0.629. The highest BCUT2D eigenvalue weighted by molar-refractivity contribution is 5.97. The number of carbonyl (C=O) groups is 2. The normalized spacial score (nSPS) is 11.8. The van der Waals surface area contributed by atoms with Crippen LogP contribution in [0.25, 0.3) is 0 Å². The maximum Gasteiger partial charge on any atom is 0.326 e. The van der Waals surface area contributed by atoms with Crippen LogP contribution in [0.5, 0.6) is 0 Å². The third kappa shape index (κ3) is 3.25. The van der Waals surface area contributed by atoms with Crippen molar-refractivity contribution in [3.8, 4) is 0 Å². The summed E-state index contributed by atoms with van der Waals surface area (Å²) in [5.41, 5.74) is -1.86. The number of carboxylic acids is 1. The number of carboxylic acid groups (broad SMARTS) is 1. The van der Waals surface area contributed by atoms with Gasteiger partial charge >= 0.3 is 11.7 Å². The van der Waals surface area contributed by atoms with E-state index in [1.165, 1.54) is 6.92 Å². The summed E-state index contributed by atoms with van der Waals surface area (Å²) < 4.78 is 26.5. The number of nitro groups is 1. The Hall–Kier alpha value is -2.58. The van der Waals surface area contributed by atoms with Gasteiger partial charge in [0.1, 0.15) is 11.9 Å². The first-order valence-corrected chi connectivity index (χ1v) is 5.45. The molecule has 7 nitrogen and oxygen atoms in total. The number of nitro benzene ring substituents is 1. The van der Waals surface area contributed by atoms with E-state index in [-0.39, 0.29) is 12.5 Å². The first kappa shape index (κ1) is 15.5. The second kappa shape index (κ2) is 6.04. The summed E-state index contributed by atoms with van der Waals surface area (Å²) >= 11 is 0. The lowest BCUT2D eigenvalue weighted by Gasteiger charge is -2.12. The molecule has 1 amide bonds. The van der Waals surface area contributed by atoms with Gasteiger partial charge in [0.25, 0.3) is 5.91 Å². The SMILES string of the molecule is CC[C@H](NC(=O)c1cc([N+](=O)[O-])c(F)cc1F)C(=O)O. The predicted molar refractivity (Wildman–Crippen MR) is 62.2 cm³/mol. The molecule has 0 heterocycles. The van der Waals surface area contributed by atoms with Crippen LogP contribution in [-0.2, 0) is 4.79 Å². The lowest BCUT2D eigenvalue weighted by Crippen LogP contribution is -2.40. The molecule has 0 saturated carbocycles. The van der Waals surface area contributed by atoms with Gasteiger partial charge in [-0.1, -0.05) is 6.92 Å². The molecule has 9 heteroatoms. The van der Waals surface area contributed by atoms with Crippen LogP contribution in [0.15, 0.2) is 12.1 Å². The van der Waals surface area contributed by atoms with Crippen molar-refractivity contribution in [2.75, 3.05) is 0 Å². The van der Waals surface area contributed by atoms with Gasteiger partial charge in [-0.2, -0.15) is 4.39 Å². The molecular weight excluding hydrogens is 278 g/mol. The lowest BCUT2D eigenvalue weighted by atomic mass is 10.1. The number of halogens is 2. The first-order valence-electron chi connectivity index (χ1n) is 5.45. The zero-order valence-corrected chi connectivity index (χ0v) is 10.2. The summed E-state index contributed by atoms with van der Waals surface area (Å²) in [5, 5.41) is 21.2. The summed E-state index contributed by atoms with van der Waals surface area (Å²) in [4.78, 5) is 31.8. The van der Waals surface area contributed by atoms with Crippen molar-refractivity contribution in [1.29, 1.82) is 0 Å². The minimum atomic E-state index is -1.42. The fourth-order valence-corrected chi connectivity index (χ4v) is 1.43. The molecule has 1 atom stereocenters. The van der Waals surface area contributed by atoms with Gasteiger partial charge in [-0.15, -0.1) is 0 Å². The predicted octanol–water partition coefficient (Wildman–Crippen LogP) is 1.47. The highest BCUT2D eigenvalue weighted by Gasteiger charge is 2.25. The third-order valence-corrected chi connectivity index (χ3v) is 2.49. The highest BCUT2D eigenvalue weighted by Crippen LogP contribution is 2.21. The van der Waals surface area contributed by atoms with E-state index in [4.69, 9.17) is 5.11 Å². The molecule has 108 valence electrons. The molecule has 0 unspecified atom stereocenters. The van der Waals surface area contributed by atoms with Crippen molar-refractivity contribution in [3.05, 3.63) is 39.4 Å². The molecule has 0 aliphatic carbocycles. The smallest absolute Gasteiger partial charge is 0.326 e. The Kier molecular flexibility index (Phi) is 4.68. The molecule has 2 N–H and O–H groups in total. The van der Waals surface area contributed by atoms with Crippen molar-refractivity contribution in [2.45, 2.75) is 19.4 Å². The Morgan fingerprint density at radius 2 is 2.00 bits per heavy atom. The van der Waals surface area contributed by atoms with Crippen LogP contribution in [0, 0.1) is 21.7 Å². The van der Waals surface area contributed by atoms with Crippen molar-refractivity contribution in [3.63, 3.8) is 0 Å². The minimum absolute atomic E-state index is 0.0337. The number of benzene rings is 1. The summed E-state index contributed by atoms with van der Waals surface area (Å²) in [6.45, 7) is 1.47. The molecule has 0 aromatic heterocycles. The summed E-state index contributed by atoms with van der Waals surface area (Å²) in [6, 6.07) is -0.644. The van der Waals surface area contributed by atoms with Gasteiger partial charge in [0.05, 0.1) is 10.5 Å². The topological polar surface area (TPSA) is 110 Å². The van der Waals surface area contributed by atoms with Crippen molar-refractivity contribution in [2.24, 2.45) is 0 Å². The molecule has 1 rings (SSSR count). The Bertz CT molecular complexity index is 576. The number of hydrogen-bond donors (Lipinski definition) is 2. The second-order valence-electron chi connectivity index (χ2n) is 3.81. The Morgan fingerprint density at radius 3 is 2.45 bits per heavy atom. The Balaban J connectivity index is 3.13. The number of hydrogen-bond acceptors (Lipinski definition) is 4. The number of aliphatic carboxylic acids is 1. The zero-order chi connectivity index (χ0) is 15.4. The number of rotatable bonds is 5. The van der Waals surface area contributed by atoms with Gasteiger partial charge in [0, 0.05) is 12.1 Å².